The molecule has 5 nitrogen and oxygen atoms in total. The molecule has 6 heteroatoms. The molecule has 1 aliphatic carbocycles. The largest absolute Gasteiger partial charge is 0.377 e. The SMILES string of the molecule is O=C(NS(=O)(=O)CC1CCCO1)C1CCc2ccccc2C1. The molecule has 1 aromatic carbocycles. The molecule has 0 spiro atoms. The summed E-state index contributed by atoms with van der Waals surface area (Å²) in [6, 6.07) is 8.02. The summed E-state index contributed by atoms with van der Waals surface area (Å²) in [5.74, 6) is -0.774. The van der Waals surface area contributed by atoms with Gasteiger partial charge in [0.15, 0.2) is 0 Å². The number of carbonyl (C=O) groups is 1. The predicted octanol–water partition coefficient (Wildman–Crippen LogP) is 1.42. The first-order valence-electron chi connectivity index (χ1n) is 7.76. The number of sulfonamides is 1. The minimum Gasteiger partial charge on any atom is -0.377 e. The van der Waals surface area contributed by atoms with Crippen LogP contribution in [0.2, 0.25) is 0 Å². The molecule has 0 saturated carbocycles. The van der Waals surface area contributed by atoms with Gasteiger partial charge < -0.3 is 4.74 Å². The van der Waals surface area contributed by atoms with Crippen LogP contribution in [0.3, 0.4) is 0 Å². The highest BCUT2D eigenvalue weighted by Gasteiger charge is 2.29. The van der Waals surface area contributed by atoms with Crippen molar-refractivity contribution in [3.63, 3.8) is 0 Å². The zero-order valence-electron chi connectivity index (χ0n) is 12.5. The average Bonchev–Trinajstić information content (AvgIpc) is 2.98. The van der Waals surface area contributed by atoms with Gasteiger partial charge in [0.1, 0.15) is 0 Å². The molecule has 3 rings (SSSR count). The van der Waals surface area contributed by atoms with Crippen molar-refractivity contribution in [2.45, 2.75) is 38.2 Å². The minimum atomic E-state index is -3.62. The molecule has 0 radical (unpaired) electrons. The summed E-state index contributed by atoms with van der Waals surface area (Å²) in [4.78, 5) is 12.3. The number of carbonyl (C=O) groups excluding carboxylic acids is 1. The third-order valence-corrected chi connectivity index (χ3v) is 5.73. The molecule has 1 fully saturated rings. The topological polar surface area (TPSA) is 72.5 Å². The van der Waals surface area contributed by atoms with Gasteiger partial charge in [0.2, 0.25) is 15.9 Å². The molecule has 2 atom stereocenters. The standard InChI is InChI=1S/C16H21NO4S/c18-16(17-22(19,20)11-15-6-3-9-21-15)14-8-7-12-4-1-2-5-13(12)10-14/h1-2,4-5,14-15H,3,6-11H2,(H,17,18). The van der Waals surface area contributed by atoms with Gasteiger partial charge in [0.25, 0.3) is 0 Å². The summed E-state index contributed by atoms with van der Waals surface area (Å²) in [7, 11) is -3.62. The van der Waals surface area contributed by atoms with Crippen molar-refractivity contribution in [1.29, 1.82) is 0 Å². The Bertz CT molecular complexity index is 650. The third kappa shape index (κ3) is 3.67. The molecule has 2 unspecified atom stereocenters. The summed E-state index contributed by atoms with van der Waals surface area (Å²) in [6.45, 7) is 0.605. The van der Waals surface area contributed by atoms with Gasteiger partial charge in [0, 0.05) is 12.5 Å². The van der Waals surface area contributed by atoms with E-state index in [2.05, 4.69) is 10.8 Å². The molecule has 120 valence electrons. The molecule has 1 heterocycles. The molecule has 1 aromatic rings. The Labute approximate surface area is 131 Å². The van der Waals surface area contributed by atoms with Crippen LogP contribution >= 0.6 is 0 Å². The van der Waals surface area contributed by atoms with Crippen molar-refractivity contribution in [2.24, 2.45) is 5.92 Å². The van der Waals surface area contributed by atoms with Crippen LogP contribution in [-0.4, -0.2) is 32.8 Å². The molecule has 0 bridgehead atoms. The van der Waals surface area contributed by atoms with Gasteiger partial charge in [-0.2, -0.15) is 0 Å². The van der Waals surface area contributed by atoms with Crippen molar-refractivity contribution < 1.29 is 17.9 Å². The lowest BCUT2D eigenvalue weighted by molar-refractivity contribution is -0.123. The smallest absolute Gasteiger partial charge is 0.237 e. The second-order valence-corrected chi connectivity index (χ2v) is 7.86. The molecular formula is C16H21NO4S. The van der Waals surface area contributed by atoms with Crippen molar-refractivity contribution in [2.75, 3.05) is 12.4 Å². The second-order valence-electron chi connectivity index (χ2n) is 6.09. The van der Waals surface area contributed by atoms with Gasteiger partial charge in [-0.15, -0.1) is 0 Å². The maximum Gasteiger partial charge on any atom is 0.237 e. The highest BCUT2D eigenvalue weighted by atomic mass is 32.2. The Balaban J connectivity index is 1.60. The number of fused-ring (bicyclic) bond motifs is 1. The highest BCUT2D eigenvalue weighted by Crippen LogP contribution is 2.25. The minimum absolute atomic E-state index is 0.123. The molecule has 22 heavy (non-hydrogen) atoms. The van der Waals surface area contributed by atoms with Gasteiger partial charge in [0.05, 0.1) is 11.9 Å². The number of hydrogen-bond acceptors (Lipinski definition) is 4. The van der Waals surface area contributed by atoms with E-state index in [4.69, 9.17) is 4.74 Å². The Morgan fingerprint density at radius 3 is 2.73 bits per heavy atom. The fourth-order valence-corrected chi connectivity index (χ4v) is 4.53. The van der Waals surface area contributed by atoms with Gasteiger partial charge in [-0.05, 0) is 43.2 Å². The van der Waals surface area contributed by atoms with Crippen molar-refractivity contribution in [1.82, 2.24) is 4.72 Å². The molecule has 1 aliphatic heterocycles. The summed E-state index contributed by atoms with van der Waals surface area (Å²) >= 11 is 0. The van der Waals surface area contributed by atoms with E-state index in [1.807, 2.05) is 18.2 Å². The number of rotatable bonds is 4. The van der Waals surface area contributed by atoms with E-state index in [0.717, 1.165) is 24.8 Å². The molecule has 0 aromatic heterocycles. The van der Waals surface area contributed by atoms with E-state index in [1.165, 1.54) is 5.56 Å². The third-order valence-electron chi connectivity index (χ3n) is 4.40. The first-order chi connectivity index (χ1) is 10.5. The Morgan fingerprint density at radius 1 is 1.23 bits per heavy atom. The molecule has 1 amide bonds. The quantitative estimate of drug-likeness (QED) is 0.909. The second kappa shape index (κ2) is 6.38. The van der Waals surface area contributed by atoms with Crippen LogP contribution in [0.25, 0.3) is 0 Å². The lowest BCUT2D eigenvalue weighted by Gasteiger charge is -2.23. The molecular weight excluding hydrogens is 302 g/mol. The average molecular weight is 323 g/mol. The van der Waals surface area contributed by atoms with Crippen LogP contribution in [0.4, 0.5) is 0 Å². The van der Waals surface area contributed by atoms with Crippen molar-refractivity contribution in [3.8, 4) is 0 Å². The van der Waals surface area contributed by atoms with Crippen LogP contribution in [0.1, 0.15) is 30.4 Å². The van der Waals surface area contributed by atoms with Gasteiger partial charge >= 0.3 is 0 Å². The molecule has 2 aliphatic rings. The van der Waals surface area contributed by atoms with Crippen LogP contribution in [0.5, 0.6) is 0 Å². The van der Waals surface area contributed by atoms with Crippen LogP contribution in [0.15, 0.2) is 24.3 Å². The maximum absolute atomic E-state index is 12.3. The summed E-state index contributed by atoms with van der Waals surface area (Å²) in [6.07, 6.45) is 3.47. The molecule has 1 N–H and O–H groups in total. The Morgan fingerprint density at radius 2 is 2.00 bits per heavy atom. The zero-order valence-corrected chi connectivity index (χ0v) is 13.3. The van der Waals surface area contributed by atoms with E-state index < -0.39 is 10.0 Å². The fraction of sp³-hybridized carbons (Fsp3) is 0.562. The first-order valence-corrected chi connectivity index (χ1v) is 9.41. The number of amides is 1. The van der Waals surface area contributed by atoms with Gasteiger partial charge in [-0.25, -0.2) is 8.42 Å². The summed E-state index contributed by atoms with van der Waals surface area (Å²) in [5, 5.41) is 0. The Kier molecular flexibility index (Phi) is 4.49. The van der Waals surface area contributed by atoms with Crippen LogP contribution in [0, 0.1) is 5.92 Å². The summed E-state index contributed by atoms with van der Waals surface area (Å²) < 4.78 is 31.7. The highest BCUT2D eigenvalue weighted by molar-refractivity contribution is 7.90. The first kappa shape index (κ1) is 15.5. The predicted molar refractivity (Wildman–Crippen MR) is 82.9 cm³/mol. The van der Waals surface area contributed by atoms with Gasteiger partial charge in [-0.3, -0.25) is 9.52 Å². The number of ether oxygens (including phenoxy) is 1. The number of hydrogen-bond donors (Lipinski definition) is 1. The van der Waals surface area contributed by atoms with E-state index >= 15 is 0 Å². The maximum atomic E-state index is 12.3. The van der Waals surface area contributed by atoms with Crippen molar-refractivity contribution in [3.05, 3.63) is 35.4 Å². The van der Waals surface area contributed by atoms with Crippen molar-refractivity contribution >= 4 is 15.9 Å². The van der Waals surface area contributed by atoms with E-state index in [9.17, 15) is 13.2 Å². The van der Waals surface area contributed by atoms with Crippen LogP contribution < -0.4 is 4.72 Å². The summed E-state index contributed by atoms with van der Waals surface area (Å²) in [5.41, 5.74) is 2.40. The zero-order chi connectivity index (χ0) is 15.6. The number of aryl methyl sites for hydroxylation is 1. The normalized spacial score (nSPS) is 24.7. The van der Waals surface area contributed by atoms with E-state index in [-0.39, 0.29) is 23.7 Å². The van der Waals surface area contributed by atoms with Crippen LogP contribution in [-0.2, 0) is 32.4 Å². The fourth-order valence-electron chi connectivity index (χ4n) is 3.22. The van der Waals surface area contributed by atoms with E-state index in [1.54, 1.807) is 0 Å². The lowest BCUT2D eigenvalue weighted by atomic mass is 9.84. The number of nitrogens with one attached hydrogen (secondary N) is 1. The lowest BCUT2D eigenvalue weighted by Crippen LogP contribution is -2.41. The molecule has 1 saturated heterocycles. The Hall–Kier alpha value is -1.40. The van der Waals surface area contributed by atoms with E-state index in [0.29, 0.717) is 19.4 Å². The monoisotopic (exact) mass is 323 g/mol. The number of benzene rings is 1. The van der Waals surface area contributed by atoms with Gasteiger partial charge in [-0.1, -0.05) is 24.3 Å².